The third-order valence-corrected chi connectivity index (χ3v) is 6.95. The van der Waals surface area contributed by atoms with Crippen molar-refractivity contribution < 1.29 is 23.5 Å². The highest BCUT2D eigenvalue weighted by molar-refractivity contribution is 6.08. The Labute approximate surface area is 182 Å². The lowest BCUT2D eigenvalue weighted by molar-refractivity contribution is -0.154. The molecule has 32 heavy (non-hydrogen) atoms. The van der Waals surface area contributed by atoms with Gasteiger partial charge in [0.05, 0.1) is 11.8 Å². The molecule has 7 heteroatoms. The number of carbonyl (C=O) groups excluding carboxylic acids is 3. The van der Waals surface area contributed by atoms with Gasteiger partial charge in [-0.05, 0) is 35.1 Å². The number of esters is 1. The number of hydrogen-bond acceptors (Lipinski definition) is 6. The predicted octanol–water partition coefficient (Wildman–Crippen LogP) is 2.80. The first-order chi connectivity index (χ1) is 15.5. The average Bonchev–Trinajstić information content (AvgIpc) is 3.47. The molecule has 3 aliphatic rings. The molecule has 3 aromatic rings. The largest absolute Gasteiger partial charge is 0.459 e. The van der Waals surface area contributed by atoms with Crippen molar-refractivity contribution in [1.82, 2.24) is 4.90 Å². The van der Waals surface area contributed by atoms with Gasteiger partial charge in [-0.25, -0.2) is 4.79 Å². The molecule has 1 aromatic heterocycles. The van der Waals surface area contributed by atoms with Crippen LogP contribution in [0.1, 0.15) is 12.0 Å². The highest BCUT2D eigenvalue weighted by atomic mass is 16.5. The van der Waals surface area contributed by atoms with E-state index in [4.69, 9.17) is 9.15 Å². The van der Waals surface area contributed by atoms with Gasteiger partial charge in [0.1, 0.15) is 18.7 Å². The fraction of sp³-hybridized carbons (Fsp3) is 0.280. The average molecular weight is 429 g/mol. The Balaban J connectivity index is 1.23. The van der Waals surface area contributed by atoms with Crippen LogP contribution in [-0.4, -0.2) is 29.2 Å². The van der Waals surface area contributed by atoms with Crippen molar-refractivity contribution in [3.8, 4) is 0 Å². The SMILES string of the molecule is O=C(CN1C(=O)C2C3C=CC(C3)C2C1=O)OCc1cc(=O)oc2ccc3ccccc3c12. The summed E-state index contributed by atoms with van der Waals surface area (Å²) in [6.07, 6.45) is 4.85. The van der Waals surface area contributed by atoms with Gasteiger partial charge >= 0.3 is 11.6 Å². The topological polar surface area (TPSA) is 93.9 Å². The van der Waals surface area contributed by atoms with E-state index in [1.165, 1.54) is 6.07 Å². The molecule has 7 nitrogen and oxygen atoms in total. The minimum absolute atomic E-state index is 0.0886. The summed E-state index contributed by atoms with van der Waals surface area (Å²) in [7, 11) is 0. The summed E-state index contributed by atoms with van der Waals surface area (Å²) in [4.78, 5) is 51.2. The molecule has 160 valence electrons. The van der Waals surface area contributed by atoms with Gasteiger partial charge in [0.25, 0.3) is 0 Å². The number of imide groups is 1. The molecular weight excluding hydrogens is 410 g/mol. The first-order valence-electron chi connectivity index (χ1n) is 10.6. The standard InChI is InChI=1S/C25H19NO6/c27-19-10-16(21-17-4-2-1-3-13(17)7-8-18(21)32-19)12-31-20(28)11-26-24(29)22-14-5-6-15(9-14)23(22)25(26)30/h1-8,10,14-15,22-23H,9,11-12H2. The van der Waals surface area contributed by atoms with Crippen molar-refractivity contribution in [2.24, 2.45) is 23.7 Å². The second-order valence-corrected chi connectivity index (χ2v) is 8.67. The predicted molar refractivity (Wildman–Crippen MR) is 114 cm³/mol. The summed E-state index contributed by atoms with van der Waals surface area (Å²) < 4.78 is 10.7. The van der Waals surface area contributed by atoms with E-state index in [-0.39, 0.29) is 42.1 Å². The molecule has 6 rings (SSSR count). The third-order valence-electron chi connectivity index (χ3n) is 6.95. The lowest BCUT2D eigenvalue weighted by Gasteiger charge is -2.16. The lowest BCUT2D eigenvalue weighted by atomic mass is 9.85. The van der Waals surface area contributed by atoms with E-state index in [2.05, 4.69) is 0 Å². The highest BCUT2D eigenvalue weighted by Gasteiger charge is 2.59. The van der Waals surface area contributed by atoms with Gasteiger partial charge in [-0.3, -0.25) is 19.3 Å². The van der Waals surface area contributed by atoms with Gasteiger partial charge in [-0.2, -0.15) is 0 Å². The van der Waals surface area contributed by atoms with E-state index in [1.807, 2.05) is 42.5 Å². The Morgan fingerprint density at radius 3 is 2.47 bits per heavy atom. The van der Waals surface area contributed by atoms with Crippen LogP contribution >= 0.6 is 0 Å². The molecule has 4 atom stereocenters. The molecule has 1 saturated heterocycles. The Bertz CT molecular complexity index is 1370. The third kappa shape index (κ3) is 2.74. The molecule has 2 aromatic carbocycles. The smallest absolute Gasteiger partial charge is 0.336 e. The second kappa shape index (κ2) is 6.88. The molecule has 4 unspecified atom stereocenters. The summed E-state index contributed by atoms with van der Waals surface area (Å²) in [6, 6.07) is 12.5. The Hall–Kier alpha value is -3.74. The van der Waals surface area contributed by atoms with Crippen LogP contribution in [0.25, 0.3) is 21.7 Å². The number of amides is 2. The molecule has 2 bridgehead atoms. The zero-order chi connectivity index (χ0) is 22.0. The first kappa shape index (κ1) is 19.0. The van der Waals surface area contributed by atoms with Crippen molar-refractivity contribution in [3.63, 3.8) is 0 Å². The van der Waals surface area contributed by atoms with Crippen LogP contribution in [0.4, 0.5) is 0 Å². The fourth-order valence-corrected chi connectivity index (χ4v) is 5.59. The summed E-state index contributed by atoms with van der Waals surface area (Å²) in [5, 5.41) is 2.53. The van der Waals surface area contributed by atoms with Gasteiger partial charge in [0.2, 0.25) is 11.8 Å². The summed E-state index contributed by atoms with van der Waals surface area (Å²) in [5.74, 6) is -1.78. The molecule has 0 spiro atoms. The number of fused-ring (bicyclic) bond motifs is 8. The van der Waals surface area contributed by atoms with E-state index in [1.54, 1.807) is 6.07 Å². The number of ether oxygens (including phenoxy) is 1. The quantitative estimate of drug-likeness (QED) is 0.208. The highest BCUT2D eigenvalue weighted by Crippen LogP contribution is 2.52. The van der Waals surface area contributed by atoms with Gasteiger partial charge < -0.3 is 9.15 Å². The van der Waals surface area contributed by atoms with Crippen molar-refractivity contribution >= 4 is 39.5 Å². The van der Waals surface area contributed by atoms with E-state index in [9.17, 15) is 19.2 Å². The number of hydrogen-bond donors (Lipinski definition) is 0. The van der Waals surface area contributed by atoms with E-state index < -0.39 is 18.1 Å². The maximum atomic E-state index is 12.8. The summed E-state index contributed by atoms with van der Waals surface area (Å²) in [6.45, 7) is -0.574. The van der Waals surface area contributed by atoms with Crippen LogP contribution in [0.2, 0.25) is 0 Å². The molecule has 2 fully saturated rings. The number of carbonyl (C=O) groups is 3. The van der Waals surface area contributed by atoms with Crippen LogP contribution in [0.15, 0.2) is 63.8 Å². The van der Waals surface area contributed by atoms with Gasteiger partial charge in [-0.1, -0.05) is 42.5 Å². The van der Waals surface area contributed by atoms with E-state index >= 15 is 0 Å². The number of allylic oxidation sites excluding steroid dienone is 2. The second-order valence-electron chi connectivity index (χ2n) is 8.67. The monoisotopic (exact) mass is 429 g/mol. The normalized spacial score (nSPS) is 25.8. The molecule has 1 saturated carbocycles. The van der Waals surface area contributed by atoms with Crippen LogP contribution in [-0.2, 0) is 25.7 Å². The van der Waals surface area contributed by atoms with Gasteiger partial charge in [-0.15, -0.1) is 0 Å². The van der Waals surface area contributed by atoms with Crippen LogP contribution < -0.4 is 5.63 Å². The molecule has 1 aliphatic heterocycles. The molecule has 2 aliphatic carbocycles. The zero-order valence-electron chi connectivity index (χ0n) is 17.0. The number of benzene rings is 2. The number of nitrogens with zero attached hydrogens (tertiary/aromatic N) is 1. The van der Waals surface area contributed by atoms with Crippen molar-refractivity contribution in [3.05, 3.63) is 70.6 Å². The molecule has 2 heterocycles. The minimum Gasteiger partial charge on any atom is -0.459 e. The minimum atomic E-state index is -0.686. The van der Waals surface area contributed by atoms with Crippen LogP contribution in [0.5, 0.6) is 0 Å². The molecule has 0 N–H and O–H groups in total. The van der Waals surface area contributed by atoms with Gasteiger partial charge in [0, 0.05) is 17.0 Å². The van der Waals surface area contributed by atoms with Gasteiger partial charge in [0.15, 0.2) is 0 Å². The first-order valence-corrected chi connectivity index (χ1v) is 10.6. The Morgan fingerprint density at radius 2 is 1.72 bits per heavy atom. The summed E-state index contributed by atoms with van der Waals surface area (Å²) in [5.41, 5.74) is 0.377. The lowest BCUT2D eigenvalue weighted by Crippen LogP contribution is -2.38. The van der Waals surface area contributed by atoms with Crippen molar-refractivity contribution in [1.29, 1.82) is 0 Å². The maximum Gasteiger partial charge on any atom is 0.336 e. The Morgan fingerprint density at radius 1 is 1.00 bits per heavy atom. The van der Waals surface area contributed by atoms with Crippen molar-refractivity contribution in [2.45, 2.75) is 13.0 Å². The summed E-state index contributed by atoms with van der Waals surface area (Å²) >= 11 is 0. The van der Waals surface area contributed by atoms with Crippen molar-refractivity contribution in [2.75, 3.05) is 6.54 Å². The van der Waals surface area contributed by atoms with Crippen LogP contribution in [0, 0.1) is 23.7 Å². The fourth-order valence-electron chi connectivity index (χ4n) is 5.59. The van der Waals surface area contributed by atoms with E-state index in [0.29, 0.717) is 16.5 Å². The van der Waals surface area contributed by atoms with Crippen LogP contribution in [0.3, 0.4) is 0 Å². The number of rotatable bonds is 4. The molecular formula is C25H19NO6. The molecule has 2 amide bonds. The number of likely N-dealkylation sites (tertiary alicyclic amines) is 1. The molecule has 0 radical (unpaired) electrons. The Kier molecular flexibility index (Phi) is 4.08. The van der Waals surface area contributed by atoms with E-state index in [0.717, 1.165) is 22.1 Å². The zero-order valence-corrected chi connectivity index (χ0v) is 17.0. The maximum absolute atomic E-state index is 12.8.